The quantitative estimate of drug-likeness (QED) is 0.798. The summed E-state index contributed by atoms with van der Waals surface area (Å²) < 4.78 is 0. The molecule has 2 heterocycles. The number of aryl methyl sites for hydroxylation is 1. The second-order valence-corrected chi connectivity index (χ2v) is 6.29. The van der Waals surface area contributed by atoms with Crippen molar-refractivity contribution in [1.82, 2.24) is 14.8 Å². The van der Waals surface area contributed by atoms with E-state index in [0.717, 1.165) is 12.0 Å². The maximum Gasteiger partial charge on any atom is 0.253 e. The summed E-state index contributed by atoms with van der Waals surface area (Å²) >= 11 is 0. The largest absolute Gasteiger partial charge is 0.336 e. The van der Waals surface area contributed by atoms with Crippen LogP contribution >= 0.6 is 0 Å². The molecule has 1 aromatic heterocycles. The Kier molecular flexibility index (Phi) is 5.79. The van der Waals surface area contributed by atoms with Crippen molar-refractivity contribution in [3.63, 3.8) is 0 Å². The number of piperazine rings is 1. The van der Waals surface area contributed by atoms with Crippen molar-refractivity contribution in [3.05, 3.63) is 71.6 Å². The van der Waals surface area contributed by atoms with Crippen LogP contribution < -0.4 is 0 Å². The Morgan fingerprint density at radius 1 is 1.04 bits per heavy atom. The molecule has 1 aliphatic heterocycles. The van der Waals surface area contributed by atoms with Crippen LogP contribution in [0.15, 0.2) is 54.9 Å². The number of rotatable bonds is 4. The normalized spacial score (nSPS) is 14.7. The third-order valence-electron chi connectivity index (χ3n) is 4.59. The average Bonchev–Trinajstić information content (AvgIpc) is 2.72. The first-order valence-electron chi connectivity index (χ1n) is 8.92. The van der Waals surface area contributed by atoms with Crippen LogP contribution in [0.3, 0.4) is 0 Å². The molecule has 1 aliphatic rings. The molecule has 134 valence electrons. The molecule has 0 radical (unpaired) electrons. The number of hydrogen-bond donors (Lipinski definition) is 0. The highest BCUT2D eigenvalue weighted by Gasteiger charge is 2.23. The fourth-order valence-corrected chi connectivity index (χ4v) is 2.94. The van der Waals surface area contributed by atoms with Crippen LogP contribution in [0.25, 0.3) is 6.08 Å². The molecule has 5 nitrogen and oxygen atoms in total. The van der Waals surface area contributed by atoms with Gasteiger partial charge in [-0.15, -0.1) is 0 Å². The third-order valence-corrected chi connectivity index (χ3v) is 4.59. The average molecular weight is 349 g/mol. The lowest BCUT2D eigenvalue weighted by Crippen LogP contribution is -2.50. The fraction of sp³-hybridized carbons (Fsp3) is 0.286. The Hall–Kier alpha value is -2.95. The summed E-state index contributed by atoms with van der Waals surface area (Å²) in [5.74, 6) is -0.00101. The molecule has 2 amide bonds. The molecule has 1 fully saturated rings. The molecule has 0 spiro atoms. The molecule has 0 saturated carbocycles. The van der Waals surface area contributed by atoms with Gasteiger partial charge in [0.15, 0.2) is 0 Å². The molecule has 3 rings (SSSR count). The van der Waals surface area contributed by atoms with Gasteiger partial charge in [0.2, 0.25) is 5.91 Å². The van der Waals surface area contributed by atoms with E-state index in [4.69, 9.17) is 0 Å². The molecule has 0 bridgehead atoms. The van der Waals surface area contributed by atoms with Gasteiger partial charge < -0.3 is 9.80 Å². The summed E-state index contributed by atoms with van der Waals surface area (Å²) in [7, 11) is 0. The highest BCUT2D eigenvalue weighted by molar-refractivity contribution is 5.95. The van der Waals surface area contributed by atoms with Crippen molar-refractivity contribution in [1.29, 1.82) is 0 Å². The summed E-state index contributed by atoms with van der Waals surface area (Å²) in [6.07, 6.45) is 7.71. The van der Waals surface area contributed by atoms with E-state index in [1.165, 1.54) is 5.56 Å². The van der Waals surface area contributed by atoms with Crippen molar-refractivity contribution in [2.24, 2.45) is 0 Å². The zero-order valence-corrected chi connectivity index (χ0v) is 15.0. The van der Waals surface area contributed by atoms with Gasteiger partial charge in [-0.1, -0.05) is 25.1 Å². The van der Waals surface area contributed by atoms with E-state index in [2.05, 4.69) is 11.9 Å². The second kappa shape index (κ2) is 8.43. The van der Waals surface area contributed by atoms with E-state index < -0.39 is 0 Å². The van der Waals surface area contributed by atoms with Crippen LogP contribution in [-0.4, -0.2) is 52.8 Å². The molecule has 0 aliphatic carbocycles. The zero-order valence-electron chi connectivity index (χ0n) is 15.0. The van der Waals surface area contributed by atoms with E-state index in [0.29, 0.717) is 31.7 Å². The van der Waals surface area contributed by atoms with Gasteiger partial charge in [0, 0.05) is 50.2 Å². The summed E-state index contributed by atoms with van der Waals surface area (Å²) in [6.45, 7) is 4.31. The number of amides is 2. The molecular weight excluding hydrogens is 326 g/mol. The lowest BCUT2D eigenvalue weighted by Gasteiger charge is -2.34. The predicted molar refractivity (Wildman–Crippen MR) is 102 cm³/mol. The summed E-state index contributed by atoms with van der Waals surface area (Å²) in [6, 6.07) is 11.5. The van der Waals surface area contributed by atoms with Crippen molar-refractivity contribution in [2.75, 3.05) is 26.2 Å². The first-order valence-corrected chi connectivity index (χ1v) is 8.92. The standard InChI is InChI=1S/C21H23N3O2/c1-2-17-5-8-19(9-6-17)21(26)24-14-12-23(13-15-24)20(25)10-7-18-4-3-11-22-16-18/h3-11,16H,2,12-15H2,1H3. The monoisotopic (exact) mass is 349 g/mol. The maximum absolute atomic E-state index is 12.6. The lowest BCUT2D eigenvalue weighted by atomic mass is 10.1. The minimum absolute atomic E-state index is 0.0330. The van der Waals surface area contributed by atoms with Gasteiger partial charge in [-0.2, -0.15) is 0 Å². The van der Waals surface area contributed by atoms with Gasteiger partial charge in [0.25, 0.3) is 5.91 Å². The Morgan fingerprint density at radius 2 is 1.73 bits per heavy atom. The molecule has 0 atom stereocenters. The van der Waals surface area contributed by atoms with Gasteiger partial charge in [-0.05, 0) is 41.8 Å². The first-order chi connectivity index (χ1) is 12.7. The van der Waals surface area contributed by atoms with E-state index in [9.17, 15) is 9.59 Å². The molecule has 1 saturated heterocycles. The maximum atomic E-state index is 12.6. The molecule has 1 aromatic carbocycles. The van der Waals surface area contributed by atoms with E-state index in [1.807, 2.05) is 41.3 Å². The third kappa shape index (κ3) is 4.36. The first kappa shape index (κ1) is 17.9. The second-order valence-electron chi connectivity index (χ2n) is 6.29. The Bertz CT molecular complexity index is 777. The van der Waals surface area contributed by atoms with Crippen LogP contribution in [0.5, 0.6) is 0 Å². The minimum atomic E-state index is -0.0340. The van der Waals surface area contributed by atoms with Crippen LogP contribution in [0.1, 0.15) is 28.4 Å². The highest BCUT2D eigenvalue weighted by atomic mass is 16.2. The Balaban J connectivity index is 1.54. The summed E-state index contributed by atoms with van der Waals surface area (Å²) in [4.78, 5) is 32.5. The van der Waals surface area contributed by atoms with Crippen molar-refractivity contribution < 1.29 is 9.59 Å². The fourth-order valence-electron chi connectivity index (χ4n) is 2.94. The smallest absolute Gasteiger partial charge is 0.253 e. The highest BCUT2D eigenvalue weighted by Crippen LogP contribution is 2.11. The Morgan fingerprint density at radius 3 is 2.35 bits per heavy atom. The van der Waals surface area contributed by atoms with E-state index in [1.54, 1.807) is 29.4 Å². The minimum Gasteiger partial charge on any atom is -0.336 e. The van der Waals surface area contributed by atoms with E-state index in [-0.39, 0.29) is 11.8 Å². The van der Waals surface area contributed by atoms with Crippen molar-refractivity contribution in [2.45, 2.75) is 13.3 Å². The predicted octanol–water partition coefficient (Wildman–Crippen LogP) is 2.64. The molecule has 2 aromatic rings. The zero-order chi connectivity index (χ0) is 18.4. The Labute approximate surface area is 154 Å². The number of benzene rings is 1. The molecule has 5 heteroatoms. The summed E-state index contributed by atoms with van der Waals surface area (Å²) in [5.41, 5.74) is 2.82. The van der Waals surface area contributed by atoms with Crippen LogP contribution in [-0.2, 0) is 11.2 Å². The van der Waals surface area contributed by atoms with Gasteiger partial charge >= 0.3 is 0 Å². The number of carbonyl (C=O) groups is 2. The van der Waals surface area contributed by atoms with Crippen molar-refractivity contribution in [3.8, 4) is 0 Å². The van der Waals surface area contributed by atoms with Gasteiger partial charge in [0.1, 0.15) is 0 Å². The number of carbonyl (C=O) groups excluding carboxylic acids is 2. The number of hydrogen-bond acceptors (Lipinski definition) is 3. The SMILES string of the molecule is CCc1ccc(C(=O)N2CCN(C(=O)C=Cc3cccnc3)CC2)cc1. The van der Waals surface area contributed by atoms with E-state index >= 15 is 0 Å². The molecule has 0 unspecified atom stereocenters. The molecule has 26 heavy (non-hydrogen) atoms. The topological polar surface area (TPSA) is 53.5 Å². The number of nitrogens with zero attached hydrogens (tertiary/aromatic N) is 3. The van der Waals surface area contributed by atoms with Gasteiger partial charge in [0.05, 0.1) is 0 Å². The van der Waals surface area contributed by atoms with Gasteiger partial charge in [-0.3, -0.25) is 14.6 Å². The van der Waals surface area contributed by atoms with Crippen LogP contribution in [0.2, 0.25) is 0 Å². The molecule has 0 N–H and O–H groups in total. The van der Waals surface area contributed by atoms with Crippen LogP contribution in [0, 0.1) is 0 Å². The van der Waals surface area contributed by atoms with Crippen molar-refractivity contribution >= 4 is 17.9 Å². The summed E-state index contributed by atoms with van der Waals surface area (Å²) in [5, 5.41) is 0. The van der Waals surface area contributed by atoms with Gasteiger partial charge in [-0.25, -0.2) is 0 Å². The molecular formula is C21H23N3O2. The number of aromatic nitrogens is 1. The number of pyridine rings is 1. The lowest BCUT2D eigenvalue weighted by molar-refractivity contribution is -0.127. The van der Waals surface area contributed by atoms with Crippen LogP contribution in [0.4, 0.5) is 0 Å².